The van der Waals surface area contributed by atoms with Crippen LogP contribution in [0.1, 0.15) is 29.6 Å². The maximum atomic E-state index is 5.18. The zero-order valence-electron chi connectivity index (χ0n) is 15.3. The summed E-state index contributed by atoms with van der Waals surface area (Å²) in [6, 6.07) is 8.23. The normalized spacial score (nSPS) is 11.4. The molecule has 0 radical (unpaired) electrons. The standard InChI is InChI=1S/C19H28N4OS/c1-4-20-19(22-13-11-17-14-25-15(2)23-17)21-12-5-6-16-7-9-18(24-3)10-8-16/h7-10,14H,4-6,11-13H2,1-3H3,(H2,20,21,22). The highest BCUT2D eigenvalue weighted by molar-refractivity contribution is 7.09. The molecule has 1 aromatic carbocycles. The summed E-state index contributed by atoms with van der Waals surface area (Å²) in [7, 11) is 1.69. The number of hydrogen-bond acceptors (Lipinski definition) is 4. The van der Waals surface area contributed by atoms with Gasteiger partial charge in [-0.3, -0.25) is 4.99 Å². The van der Waals surface area contributed by atoms with Gasteiger partial charge in [0, 0.05) is 31.4 Å². The molecular formula is C19H28N4OS. The third-order valence-electron chi connectivity index (χ3n) is 3.74. The molecule has 0 aliphatic carbocycles. The average Bonchev–Trinajstić information content (AvgIpc) is 3.04. The van der Waals surface area contributed by atoms with Crippen molar-refractivity contribution in [1.29, 1.82) is 0 Å². The Bertz CT molecular complexity index is 652. The fraction of sp³-hybridized carbons (Fsp3) is 0.474. The van der Waals surface area contributed by atoms with Crippen LogP contribution < -0.4 is 15.4 Å². The molecule has 5 nitrogen and oxygen atoms in total. The maximum Gasteiger partial charge on any atom is 0.191 e. The lowest BCUT2D eigenvalue weighted by molar-refractivity contribution is 0.414. The smallest absolute Gasteiger partial charge is 0.191 e. The second-order valence-electron chi connectivity index (χ2n) is 5.75. The lowest BCUT2D eigenvalue weighted by Crippen LogP contribution is -2.38. The topological polar surface area (TPSA) is 58.5 Å². The van der Waals surface area contributed by atoms with Gasteiger partial charge in [-0.05, 0) is 44.4 Å². The molecule has 0 saturated carbocycles. The van der Waals surface area contributed by atoms with Crippen LogP contribution >= 0.6 is 11.3 Å². The molecule has 0 fully saturated rings. The molecule has 136 valence electrons. The van der Waals surface area contributed by atoms with E-state index in [-0.39, 0.29) is 0 Å². The van der Waals surface area contributed by atoms with E-state index in [0.29, 0.717) is 0 Å². The highest BCUT2D eigenvalue weighted by Gasteiger charge is 2.01. The summed E-state index contributed by atoms with van der Waals surface area (Å²) in [5.41, 5.74) is 2.46. The number of thiazole rings is 1. The molecule has 0 aliphatic heterocycles. The third kappa shape index (κ3) is 7.13. The predicted molar refractivity (Wildman–Crippen MR) is 106 cm³/mol. The number of guanidine groups is 1. The Balaban J connectivity index is 1.72. The summed E-state index contributed by atoms with van der Waals surface area (Å²) in [6.07, 6.45) is 2.96. The van der Waals surface area contributed by atoms with Crippen LogP contribution in [-0.4, -0.2) is 37.7 Å². The minimum absolute atomic E-state index is 0.803. The lowest BCUT2D eigenvalue weighted by atomic mass is 10.1. The first-order valence-corrected chi connectivity index (χ1v) is 9.65. The Morgan fingerprint density at radius 3 is 2.64 bits per heavy atom. The van der Waals surface area contributed by atoms with Gasteiger partial charge in [0.25, 0.3) is 0 Å². The second-order valence-corrected chi connectivity index (χ2v) is 6.81. The van der Waals surface area contributed by atoms with E-state index >= 15 is 0 Å². The molecule has 25 heavy (non-hydrogen) atoms. The Hall–Kier alpha value is -2.08. The number of aryl methyl sites for hydroxylation is 2. The number of methoxy groups -OCH3 is 1. The first kappa shape index (κ1) is 19.2. The highest BCUT2D eigenvalue weighted by atomic mass is 32.1. The maximum absolute atomic E-state index is 5.18. The molecule has 0 bridgehead atoms. The minimum atomic E-state index is 0.803. The fourth-order valence-corrected chi connectivity index (χ4v) is 3.09. The summed E-state index contributed by atoms with van der Waals surface area (Å²) in [4.78, 5) is 9.13. The molecule has 0 aliphatic rings. The van der Waals surface area contributed by atoms with Gasteiger partial charge in [0.05, 0.1) is 17.8 Å². The summed E-state index contributed by atoms with van der Waals surface area (Å²) in [6.45, 7) is 6.62. The molecule has 6 heteroatoms. The molecule has 0 atom stereocenters. The molecule has 0 unspecified atom stereocenters. The van der Waals surface area contributed by atoms with Crippen LogP contribution in [0.15, 0.2) is 34.6 Å². The Morgan fingerprint density at radius 2 is 2.00 bits per heavy atom. The van der Waals surface area contributed by atoms with E-state index in [1.165, 1.54) is 5.56 Å². The van der Waals surface area contributed by atoms with Crippen molar-refractivity contribution in [2.24, 2.45) is 4.99 Å². The molecule has 0 spiro atoms. The van der Waals surface area contributed by atoms with Crippen LogP contribution in [0, 0.1) is 6.92 Å². The van der Waals surface area contributed by atoms with E-state index < -0.39 is 0 Å². The Morgan fingerprint density at radius 1 is 1.20 bits per heavy atom. The van der Waals surface area contributed by atoms with Crippen molar-refractivity contribution in [3.8, 4) is 5.75 Å². The van der Waals surface area contributed by atoms with Crippen molar-refractivity contribution in [2.45, 2.75) is 33.1 Å². The van der Waals surface area contributed by atoms with Gasteiger partial charge in [0.2, 0.25) is 0 Å². The average molecular weight is 361 g/mol. The molecule has 1 heterocycles. The van der Waals surface area contributed by atoms with Gasteiger partial charge in [-0.15, -0.1) is 11.3 Å². The van der Waals surface area contributed by atoms with E-state index in [1.807, 2.05) is 19.1 Å². The van der Waals surface area contributed by atoms with Gasteiger partial charge in [0.1, 0.15) is 5.75 Å². The molecular weight excluding hydrogens is 332 g/mol. The van der Waals surface area contributed by atoms with Crippen LogP contribution in [0.3, 0.4) is 0 Å². The molecule has 1 aromatic heterocycles. The van der Waals surface area contributed by atoms with Gasteiger partial charge in [0.15, 0.2) is 5.96 Å². The van der Waals surface area contributed by atoms with Crippen molar-refractivity contribution in [3.05, 3.63) is 45.9 Å². The monoisotopic (exact) mass is 360 g/mol. The van der Waals surface area contributed by atoms with E-state index in [9.17, 15) is 0 Å². The largest absolute Gasteiger partial charge is 0.497 e. The molecule has 2 aromatic rings. The number of benzene rings is 1. The van der Waals surface area contributed by atoms with E-state index in [1.54, 1.807) is 18.4 Å². The van der Waals surface area contributed by atoms with Crippen molar-refractivity contribution >= 4 is 17.3 Å². The van der Waals surface area contributed by atoms with E-state index in [4.69, 9.17) is 4.74 Å². The summed E-state index contributed by atoms with van der Waals surface area (Å²) in [5.74, 6) is 1.78. The van der Waals surface area contributed by atoms with Gasteiger partial charge >= 0.3 is 0 Å². The third-order valence-corrected chi connectivity index (χ3v) is 4.56. The molecule has 0 saturated heterocycles. The summed E-state index contributed by atoms with van der Waals surface area (Å²) >= 11 is 1.70. The van der Waals surface area contributed by atoms with Gasteiger partial charge in [-0.1, -0.05) is 12.1 Å². The number of aromatic nitrogens is 1. The second kappa shape index (κ2) is 10.7. The zero-order chi connectivity index (χ0) is 17.9. The van der Waals surface area contributed by atoms with Crippen LogP contribution in [0.2, 0.25) is 0 Å². The Labute approximate surface area is 154 Å². The first-order chi connectivity index (χ1) is 12.2. The van der Waals surface area contributed by atoms with Gasteiger partial charge in [-0.2, -0.15) is 0 Å². The number of nitrogens with zero attached hydrogens (tertiary/aromatic N) is 2. The number of nitrogens with one attached hydrogen (secondary N) is 2. The van der Waals surface area contributed by atoms with Crippen molar-refractivity contribution in [3.63, 3.8) is 0 Å². The van der Waals surface area contributed by atoms with E-state index in [2.05, 4.69) is 45.0 Å². The van der Waals surface area contributed by atoms with E-state index in [0.717, 1.165) is 61.3 Å². The van der Waals surface area contributed by atoms with Crippen LogP contribution in [0.25, 0.3) is 0 Å². The van der Waals surface area contributed by atoms with Crippen molar-refractivity contribution in [1.82, 2.24) is 15.6 Å². The first-order valence-electron chi connectivity index (χ1n) is 8.77. The molecule has 2 rings (SSSR count). The number of aliphatic imine (C=N–C) groups is 1. The van der Waals surface area contributed by atoms with Gasteiger partial charge in [-0.25, -0.2) is 4.98 Å². The fourth-order valence-electron chi connectivity index (χ4n) is 2.44. The number of hydrogen-bond donors (Lipinski definition) is 2. The lowest BCUT2D eigenvalue weighted by Gasteiger charge is -2.10. The highest BCUT2D eigenvalue weighted by Crippen LogP contribution is 2.12. The van der Waals surface area contributed by atoms with Crippen LogP contribution in [0.5, 0.6) is 5.75 Å². The Kier molecular flexibility index (Phi) is 8.25. The summed E-state index contributed by atoms with van der Waals surface area (Å²) < 4.78 is 5.18. The zero-order valence-corrected chi connectivity index (χ0v) is 16.2. The number of rotatable bonds is 9. The van der Waals surface area contributed by atoms with Crippen LogP contribution in [-0.2, 0) is 12.8 Å². The number of ether oxygens (including phenoxy) is 1. The minimum Gasteiger partial charge on any atom is -0.497 e. The summed E-state index contributed by atoms with van der Waals surface area (Å²) in [5, 5.41) is 9.91. The van der Waals surface area contributed by atoms with Crippen molar-refractivity contribution in [2.75, 3.05) is 26.7 Å². The van der Waals surface area contributed by atoms with Gasteiger partial charge < -0.3 is 15.4 Å². The van der Waals surface area contributed by atoms with Crippen LogP contribution in [0.4, 0.5) is 0 Å². The van der Waals surface area contributed by atoms with Crippen molar-refractivity contribution < 1.29 is 4.74 Å². The molecule has 2 N–H and O–H groups in total. The SMILES string of the molecule is CCNC(=NCCCc1ccc(OC)cc1)NCCc1csc(C)n1. The molecule has 0 amide bonds. The quantitative estimate of drug-likeness (QED) is 0.410. The predicted octanol–water partition coefficient (Wildman–Crippen LogP) is 3.19.